The standard InChI is InChI=1S/C13H17F3N2O2/c1-12(2,3)11(19)18-9-5-8(13(14,15)16)6-17-10(9)7-20-4/h5-6H,7H2,1-4H3,(H,18,19). The molecule has 0 atom stereocenters. The van der Waals surface area contributed by atoms with Crippen LogP contribution >= 0.6 is 0 Å². The minimum absolute atomic E-state index is 0.0118. The zero-order valence-corrected chi connectivity index (χ0v) is 11.8. The highest BCUT2D eigenvalue weighted by molar-refractivity contribution is 5.95. The molecule has 1 rings (SSSR count). The normalized spacial score (nSPS) is 12.3. The van der Waals surface area contributed by atoms with Crippen LogP contribution < -0.4 is 5.32 Å². The lowest BCUT2D eigenvalue weighted by Gasteiger charge is -2.19. The molecule has 20 heavy (non-hydrogen) atoms. The Morgan fingerprint density at radius 1 is 1.35 bits per heavy atom. The van der Waals surface area contributed by atoms with Gasteiger partial charge in [-0.3, -0.25) is 9.78 Å². The van der Waals surface area contributed by atoms with E-state index in [0.717, 1.165) is 12.3 Å². The van der Waals surface area contributed by atoms with Gasteiger partial charge >= 0.3 is 6.18 Å². The van der Waals surface area contributed by atoms with E-state index in [1.807, 2.05) is 0 Å². The molecule has 0 radical (unpaired) electrons. The number of nitrogens with one attached hydrogen (secondary N) is 1. The van der Waals surface area contributed by atoms with Gasteiger partial charge < -0.3 is 10.1 Å². The summed E-state index contributed by atoms with van der Waals surface area (Å²) in [4.78, 5) is 15.6. The third-order valence-electron chi connectivity index (χ3n) is 2.51. The summed E-state index contributed by atoms with van der Waals surface area (Å²) >= 11 is 0. The van der Waals surface area contributed by atoms with Gasteiger partial charge in [-0.15, -0.1) is 0 Å². The molecule has 1 N–H and O–H groups in total. The van der Waals surface area contributed by atoms with Gasteiger partial charge in [-0.1, -0.05) is 20.8 Å². The molecule has 0 aliphatic rings. The highest BCUT2D eigenvalue weighted by atomic mass is 19.4. The van der Waals surface area contributed by atoms with E-state index in [0.29, 0.717) is 0 Å². The molecule has 4 nitrogen and oxygen atoms in total. The van der Waals surface area contributed by atoms with E-state index >= 15 is 0 Å². The van der Waals surface area contributed by atoms with Crippen molar-refractivity contribution >= 4 is 11.6 Å². The van der Waals surface area contributed by atoms with Crippen molar-refractivity contribution in [1.82, 2.24) is 4.98 Å². The van der Waals surface area contributed by atoms with Crippen molar-refractivity contribution in [2.24, 2.45) is 5.41 Å². The molecule has 0 unspecified atom stereocenters. The largest absolute Gasteiger partial charge is 0.417 e. The van der Waals surface area contributed by atoms with Crippen molar-refractivity contribution in [1.29, 1.82) is 0 Å². The number of carbonyl (C=O) groups is 1. The first-order valence-electron chi connectivity index (χ1n) is 5.92. The van der Waals surface area contributed by atoms with Crippen LogP contribution in [0.4, 0.5) is 18.9 Å². The van der Waals surface area contributed by atoms with E-state index in [4.69, 9.17) is 4.74 Å². The second-order valence-corrected chi connectivity index (χ2v) is 5.35. The summed E-state index contributed by atoms with van der Waals surface area (Å²) in [5, 5.41) is 2.47. The van der Waals surface area contributed by atoms with Gasteiger partial charge in [0.1, 0.15) is 0 Å². The number of carbonyl (C=O) groups excluding carboxylic acids is 1. The fraction of sp³-hybridized carbons (Fsp3) is 0.538. The number of anilines is 1. The van der Waals surface area contributed by atoms with Gasteiger partial charge in [0.25, 0.3) is 0 Å². The molecule has 1 heterocycles. The van der Waals surface area contributed by atoms with Gasteiger partial charge in [-0.25, -0.2) is 0 Å². The molecule has 0 bridgehead atoms. The van der Waals surface area contributed by atoms with Gasteiger partial charge in [-0.05, 0) is 6.07 Å². The fourth-order valence-electron chi connectivity index (χ4n) is 1.32. The Kier molecular flexibility index (Phi) is 4.75. The van der Waals surface area contributed by atoms with Crippen LogP contribution in [-0.2, 0) is 22.3 Å². The molecule has 0 aliphatic carbocycles. The van der Waals surface area contributed by atoms with Gasteiger partial charge in [0.15, 0.2) is 0 Å². The molecule has 0 spiro atoms. The van der Waals surface area contributed by atoms with E-state index in [1.54, 1.807) is 20.8 Å². The zero-order valence-electron chi connectivity index (χ0n) is 11.8. The Bertz CT molecular complexity index is 493. The molecule has 112 valence electrons. The van der Waals surface area contributed by atoms with Crippen molar-refractivity contribution in [3.63, 3.8) is 0 Å². The SMILES string of the molecule is COCc1ncc(C(F)(F)F)cc1NC(=O)C(C)(C)C. The zero-order chi connectivity index (χ0) is 15.6. The quantitative estimate of drug-likeness (QED) is 0.929. The van der Waals surface area contributed by atoms with Crippen LogP contribution in [0, 0.1) is 5.41 Å². The van der Waals surface area contributed by atoms with Crippen LogP contribution in [0.1, 0.15) is 32.0 Å². The average molecular weight is 290 g/mol. The van der Waals surface area contributed by atoms with E-state index in [2.05, 4.69) is 10.3 Å². The summed E-state index contributed by atoms with van der Waals surface area (Å²) in [6.07, 6.45) is -3.79. The highest BCUT2D eigenvalue weighted by Crippen LogP contribution is 2.31. The first kappa shape index (κ1) is 16.4. The van der Waals surface area contributed by atoms with Gasteiger partial charge in [0, 0.05) is 18.7 Å². The van der Waals surface area contributed by atoms with Gasteiger partial charge in [0.05, 0.1) is 23.6 Å². The molecular weight excluding hydrogens is 273 g/mol. The van der Waals surface area contributed by atoms with Crippen LogP contribution in [-0.4, -0.2) is 18.0 Å². The monoisotopic (exact) mass is 290 g/mol. The minimum Gasteiger partial charge on any atom is -0.378 e. The number of aromatic nitrogens is 1. The lowest BCUT2D eigenvalue weighted by Crippen LogP contribution is -2.28. The summed E-state index contributed by atoms with van der Waals surface area (Å²) in [5.74, 6) is -0.393. The second-order valence-electron chi connectivity index (χ2n) is 5.35. The number of ether oxygens (including phenoxy) is 1. The minimum atomic E-state index is -4.51. The smallest absolute Gasteiger partial charge is 0.378 e. The number of rotatable bonds is 3. The summed E-state index contributed by atoms with van der Waals surface area (Å²) in [6.45, 7) is 5.01. The predicted molar refractivity (Wildman–Crippen MR) is 68.0 cm³/mol. The number of alkyl halides is 3. The predicted octanol–water partition coefficient (Wildman–Crippen LogP) is 3.23. The summed E-state index contributed by atoms with van der Waals surface area (Å²) < 4.78 is 42.9. The second kappa shape index (κ2) is 5.78. The number of hydrogen-bond donors (Lipinski definition) is 1. The third-order valence-corrected chi connectivity index (χ3v) is 2.51. The molecule has 7 heteroatoms. The topological polar surface area (TPSA) is 51.2 Å². The van der Waals surface area contributed by atoms with Gasteiger partial charge in [0.2, 0.25) is 5.91 Å². The number of methoxy groups -OCH3 is 1. The third kappa shape index (κ3) is 4.19. The number of pyridine rings is 1. The Balaban J connectivity index is 3.16. The summed E-state index contributed by atoms with van der Waals surface area (Å²) in [6, 6.07) is 0.866. The van der Waals surface area contributed by atoms with Crippen molar-refractivity contribution in [2.45, 2.75) is 33.6 Å². The number of amides is 1. The maximum Gasteiger partial charge on any atom is 0.417 e. The van der Waals surface area contributed by atoms with Crippen molar-refractivity contribution in [2.75, 3.05) is 12.4 Å². The van der Waals surface area contributed by atoms with Crippen LogP contribution in [0.3, 0.4) is 0 Å². The van der Waals surface area contributed by atoms with E-state index < -0.39 is 23.1 Å². The van der Waals surface area contributed by atoms with Crippen LogP contribution in [0.25, 0.3) is 0 Å². The lowest BCUT2D eigenvalue weighted by atomic mass is 9.95. The fourth-order valence-corrected chi connectivity index (χ4v) is 1.32. The Morgan fingerprint density at radius 3 is 2.40 bits per heavy atom. The van der Waals surface area contributed by atoms with E-state index in [9.17, 15) is 18.0 Å². The maximum absolute atomic E-state index is 12.7. The molecule has 1 aromatic heterocycles. The number of hydrogen-bond acceptors (Lipinski definition) is 3. The molecular formula is C13H17F3N2O2. The molecule has 0 fully saturated rings. The first-order chi connectivity index (χ1) is 9.05. The first-order valence-corrected chi connectivity index (χ1v) is 5.92. The van der Waals surface area contributed by atoms with Crippen molar-refractivity contribution in [3.8, 4) is 0 Å². The maximum atomic E-state index is 12.7. The average Bonchev–Trinajstić information content (AvgIpc) is 2.28. The van der Waals surface area contributed by atoms with Crippen LogP contribution in [0.5, 0.6) is 0 Å². The summed E-state index contributed by atoms with van der Waals surface area (Å²) in [5.41, 5.74) is -1.38. The Morgan fingerprint density at radius 2 is 1.95 bits per heavy atom. The molecule has 0 saturated heterocycles. The molecule has 1 amide bonds. The molecule has 1 aromatic rings. The molecule has 0 aromatic carbocycles. The number of halogens is 3. The van der Waals surface area contributed by atoms with E-state index in [1.165, 1.54) is 7.11 Å². The Labute approximate surface area is 115 Å². The lowest BCUT2D eigenvalue weighted by molar-refractivity contribution is -0.137. The van der Waals surface area contributed by atoms with E-state index in [-0.39, 0.29) is 18.0 Å². The Hall–Kier alpha value is -1.63. The van der Waals surface area contributed by atoms with Gasteiger partial charge in [-0.2, -0.15) is 13.2 Å². The molecule has 0 saturated carbocycles. The van der Waals surface area contributed by atoms with Crippen LogP contribution in [0.15, 0.2) is 12.3 Å². The summed E-state index contributed by atoms with van der Waals surface area (Å²) in [7, 11) is 1.40. The van der Waals surface area contributed by atoms with Crippen molar-refractivity contribution in [3.05, 3.63) is 23.5 Å². The van der Waals surface area contributed by atoms with Crippen molar-refractivity contribution < 1.29 is 22.7 Å². The highest BCUT2D eigenvalue weighted by Gasteiger charge is 2.32. The number of nitrogens with zero attached hydrogens (tertiary/aromatic N) is 1. The van der Waals surface area contributed by atoms with Crippen LogP contribution in [0.2, 0.25) is 0 Å². The molecule has 0 aliphatic heterocycles.